The van der Waals surface area contributed by atoms with Crippen LogP contribution < -0.4 is 5.73 Å². The number of benzene rings is 1. The molecule has 0 unspecified atom stereocenters. The summed E-state index contributed by atoms with van der Waals surface area (Å²) in [6.45, 7) is 1.18. The molecule has 2 aromatic heterocycles. The number of furan rings is 1. The predicted molar refractivity (Wildman–Crippen MR) is 68.2 cm³/mol. The van der Waals surface area contributed by atoms with Gasteiger partial charge >= 0.3 is 0 Å². The lowest BCUT2D eigenvalue weighted by atomic mass is 10.2. The van der Waals surface area contributed by atoms with Crippen LogP contribution in [0.4, 0.5) is 0 Å². The molecule has 98 valence electrons. The first kappa shape index (κ1) is 11.9. The number of ether oxygens (including phenoxy) is 1. The van der Waals surface area contributed by atoms with Gasteiger partial charge in [-0.2, -0.15) is 4.98 Å². The molecule has 2 N–H and O–H groups in total. The molecular weight excluding hydrogens is 246 g/mol. The third-order valence-electron chi connectivity index (χ3n) is 2.60. The Labute approximate surface area is 109 Å². The summed E-state index contributed by atoms with van der Waals surface area (Å²) in [5.74, 6) is 1.40. The number of para-hydroxylation sites is 1. The molecule has 0 spiro atoms. The van der Waals surface area contributed by atoms with Gasteiger partial charge in [-0.3, -0.25) is 0 Å². The van der Waals surface area contributed by atoms with Crippen molar-refractivity contribution >= 4 is 11.0 Å². The Balaban J connectivity index is 1.81. The zero-order valence-corrected chi connectivity index (χ0v) is 10.2. The summed E-state index contributed by atoms with van der Waals surface area (Å²) >= 11 is 0. The monoisotopic (exact) mass is 259 g/mol. The quantitative estimate of drug-likeness (QED) is 0.705. The molecule has 0 saturated heterocycles. The Hall–Kier alpha value is -2.18. The first-order valence-corrected chi connectivity index (χ1v) is 5.96. The molecule has 0 amide bonds. The maximum Gasteiger partial charge on any atom is 0.253 e. The summed E-state index contributed by atoms with van der Waals surface area (Å²) in [4.78, 5) is 4.21. The van der Waals surface area contributed by atoms with Gasteiger partial charge in [0.1, 0.15) is 12.2 Å². The van der Waals surface area contributed by atoms with Gasteiger partial charge in [0, 0.05) is 11.9 Å². The number of nitrogens with two attached hydrogens (primary N) is 1. The molecule has 0 aliphatic rings. The highest BCUT2D eigenvalue weighted by molar-refractivity contribution is 5.81. The minimum Gasteiger partial charge on any atom is -0.453 e. The van der Waals surface area contributed by atoms with Crippen LogP contribution in [0, 0.1) is 0 Å². The van der Waals surface area contributed by atoms with Crippen molar-refractivity contribution in [1.82, 2.24) is 10.1 Å². The minimum atomic E-state index is 0.254. The molecular formula is C13H13N3O3. The highest BCUT2D eigenvalue weighted by atomic mass is 16.5. The molecule has 0 aliphatic carbocycles. The van der Waals surface area contributed by atoms with Gasteiger partial charge in [0.25, 0.3) is 5.89 Å². The van der Waals surface area contributed by atoms with Gasteiger partial charge in [0.15, 0.2) is 5.76 Å². The van der Waals surface area contributed by atoms with Crippen LogP contribution in [0.5, 0.6) is 0 Å². The number of hydrogen-bond donors (Lipinski definition) is 1. The molecule has 19 heavy (non-hydrogen) atoms. The second kappa shape index (κ2) is 5.21. The number of fused-ring (bicyclic) bond motifs is 1. The maximum absolute atomic E-state index is 5.65. The van der Waals surface area contributed by atoms with Crippen molar-refractivity contribution in [3.63, 3.8) is 0 Å². The third kappa shape index (κ3) is 2.49. The molecule has 6 heteroatoms. The Bertz CT molecular complexity index is 641. The average molecular weight is 259 g/mol. The topological polar surface area (TPSA) is 87.3 Å². The molecule has 0 atom stereocenters. The molecule has 1 aromatic carbocycles. The second-order valence-electron chi connectivity index (χ2n) is 4.00. The van der Waals surface area contributed by atoms with Gasteiger partial charge in [-0.05, 0) is 12.1 Å². The highest BCUT2D eigenvalue weighted by Crippen LogP contribution is 2.25. The Kier molecular flexibility index (Phi) is 3.26. The van der Waals surface area contributed by atoms with E-state index in [0.29, 0.717) is 30.6 Å². The Morgan fingerprint density at radius 1 is 1.26 bits per heavy atom. The van der Waals surface area contributed by atoms with E-state index in [1.54, 1.807) is 0 Å². The zero-order valence-electron chi connectivity index (χ0n) is 10.2. The smallest absolute Gasteiger partial charge is 0.253 e. The lowest BCUT2D eigenvalue weighted by Crippen LogP contribution is -2.08. The standard InChI is InChI=1S/C13H13N3O3/c14-5-6-17-8-12-15-13(16-19-12)11-7-9-3-1-2-4-10(9)18-11/h1-4,7H,5-6,8,14H2. The van der Waals surface area contributed by atoms with E-state index in [1.807, 2.05) is 30.3 Å². The Morgan fingerprint density at radius 3 is 3.00 bits per heavy atom. The molecule has 0 fully saturated rings. The van der Waals surface area contributed by atoms with Gasteiger partial charge < -0.3 is 19.4 Å². The fourth-order valence-electron chi connectivity index (χ4n) is 1.75. The van der Waals surface area contributed by atoms with Crippen LogP contribution in [0.3, 0.4) is 0 Å². The highest BCUT2D eigenvalue weighted by Gasteiger charge is 2.13. The van der Waals surface area contributed by atoms with E-state index in [-0.39, 0.29) is 6.61 Å². The van der Waals surface area contributed by atoms with Crippen LogP contribution in [0.25, 0.3) is 22.6 Å². The van der Waals surface area contributed by atoms with Gasteiger partial charge in [-0.25, -0.2) is 0 Å². The zero-order chi connectivity index (χ0) is 13.1. The summed E-state index contributed by atoms with van der Waals surface area (Å²) in [6, 6.07) is 9.60. The van der Waals surface area contributed by atoms with Gasteiger partial charge in [-0.1, -0.05) is 23.4 Å². The molecule has 0 radical (unpaired) electrons. The molecule has 3 aromatic rings. The van der Waals surface area contributed by atoms with E-state index in [0.717, 1.165) is 11.0 Å². The first-order chi connectivity index (χ1) is 9.36. The number of rotatable bonds is 5. The predicted octanol–water partition coefficient (Wildman–Crippen LogP) is 1.96. The van der Waals surface area contributed by atoms with Crippen molar-refractivity contribution in [2.75, 3.05) is 13.2 Å². The van der Waals surface area contributed by atoms with Crippen LogP contribution in [0.2, 0.25) is 0 Å². The maximum atomic E-state index is 5.65. The molecule has 6 nitrogen and oxygen atoms in total. The van der Waals surface area contributed by atoms with Crippen LogP contribution in [-0.4, -0.2) is 23.3 Å². The fraction of sp³-hybridized carbons (Fsp3) is 0.231. The summed E-state index contributed by atoms with van der Waals surface area (Å²) in [5.41, 5.74) is 6.12. The largest absolute Gasteiger partial charge is 0.453 e. The van der Waals surface area contributed by atoms with Gasteiger partial charge in [0.05, 0.1) is 6.61 Å². The van der Waals surface area contributed by atoms with Crippen LogP contribution in [0.15, 0.2) is 39.3 Å². The Morgan fingerprint density at radius 2 is 2.16 bits per heavy atom. The van der Waals surface area contributed by atoms with Crippen molar-refractivity contribution in [3.8, 4) is 11.6 Å². The number of nitrogens with zero attached hydrogens (tertiary/aromatic N) is 2. The van der Waals surface area contributed by atoms with E-state index >= 15 is 0 Å². The van der Waals surface area contributed by atoms with E-state index in [9.17, 15) is 0 Å². The van der Waals surface area contributed by atoms with Crippen LogP contribution in [0.1, 0.15) is 5.89 Å². The normalized spacial score (nSPS) is 11.2. The molecule has 3 rings (SSSR count). The lowest BCUT2D eigenvalue weighted by Gasteiger charge is -1.95. The third-order valence-corrected chi connectivity index (χ3v) is 2.60. The average Bonchev–Trinajstić information content (AvgIpc) is 3.04. The van der Waals surface area contributed by atoms with Crippen molar-refractivity contribution in [3.05, 3.63) is 36.2 Å². The first-order valence-electron chi connectivity index (χ1n) is 5.96. The molecule has 0 aliphatic heterocycles. The van der Waals surface area contributed by atoms with Gasteiger partial charge in [0.2, 0.25) is 5.82 Å². The van der Waals surface area contributed by atoms with Crippen molar-refractivity contribution in [2.45, 2.75) is 6.61 Å². The molecule has 2 heterocycles. The number of hydrogen-bond acceptors (Lipinski definition) is 6. The molecule has 0 saturated carbocycles. The SMILES string of the molecule is NCCOCc1nc(-c2cc3ccccc3o2)no1. The molecule has 0 bridgehead atoms. The van der Waals surface area contributed by atoms with E-state index in [1.165, 1.54) is 0 Å². The van der Waals surface area contributed by atoms with E-state index in [2.05, 4.69) is 10.1 Å². The van der Waals surface area contributed by atoms with Crippen LogP contribution >= 0.6 is 0 Å². The van der Waals surface area contributed by atoms with Crippen LogP contribution in [-0.2, 0) is 11.3 Å². The van der Waals surface area contributed by atoms with E-state index < -0.39 is 0 Å². The van der Waals surface area contributed by atoms with Crippen molar-refractivity contribution in [2.24, 2.45) is 5.73 Å². The lowest BCUT2D eigenvalue weighted by molar-refractivity contribution is 0.104. The van der Waals surface area contributed by atoms with E-state index in [4.69, 9.17) is 19.4 Å². The fourth-order valence-corrected chi connectivity index (χ4v) is 1.75. The summed E-state index contributed by atoms with van der Waals surface area (Å²) in [6.07, 6.45) is 0. The summed E-state index contributed by atoms with van der Waals surface area (Å²) in [5, 5.41) is 4.87. The van der Waals surface area contributed by atoms with Gasteiger partial charge in [-0.15, -0.1) is 0 Å². The second-order valence-corrected chi connectivity index (χ2v) is 4.00. The van der Waals surface area contributed by atoms with Crippen molar-refractivity contribution in [1.29, 1.82) is 0 Å². The van der Waals surface area contributed by atoms with Crippen molar-refractivity contribution < 1.29 is 13.7 Å². The minimum absolute atomic E-state index is 0.254. The summed E-state index contributed by atoms with van der Waals surface area (Å²) < 4.78 is 15.9. The number of aromatic nitrogens is 2. The summed E-state index contributed by atoms with van der Waals surface area (Å²) in [7, 11) is 0.